The van der Waals surface area contributed by atoms with Crippen LogP contribution in [0.25, 0.3) is 0 Å². The number of aromatic hydroxyl groups is 1. The molecule has 2 aliphatic carbocycles. The van der Waals surface area contributed by atoms with E-state index in [4.69, 9.17) is 4.74 Å². The van der Waals surface area contributed by atoms with Crippen molar-refractivity contribution in [3.05, 3.63) is 23.3 Å². The van der Waals surface area contributed by atoms with Crippen molar-refractivity contribution in [1.82, 2.24) is 4.90 Å². The number of fused-ring (bicyclic) bond motifs is 2. The van der Waals surface area contributed by atoms with Crippen LogP contribution in [-0.2, 0) is 16.6 Å². The number of rotatable bonds is 1. The lowest BCUT2D eigenvalue weighted by Gasteiger charge is -2.55. The van der Waals surface area contributed by atoms with Crippen molar-refractivity contribution in [2.45, 2.75) is 56.1 Å². The summed E-state index contributed by atoms with van der Waals surface area (Å²) in [6.07, 6.45) is 2.74. The average molecular weight is 345 g/mol. The van der Waals surface area contributed by atoms with Crippen LogP contribution in [-0.4, -0.2) is 53.2 Å². The summed E-state index contributed by atoms with van der Waals surface area (Å²) in [7, 11) is 3.59. The number of phenols is 1. The third-order valence-electron chi connectivity index (χ3n) is 7.08. The van der Waals surface area contributed by atoms with Crippen molar-refractivity contribution < 1.29 is 19.7 Å². The van der Waals surface area contributed by atoms with Gasteiger partial charge in [0.1, 0.15) is 5.78 Å². The molecule has 1 aromatic rings. The molecule has 1 spiro atoms. The van der Waals surface area contributed by atoms with Gasteiger partial charge in [-0.2, -0.15) is 0 Å². The number of ketones is 1. The molecule has 0 radical (unpaired) electrons. The van der Waals surface area contributed by atoms with Gasteiger partial charge >= 0.3 is 0 Å². The Kier molecular flexibility index (Phi) is 3.68. The number of carbonyl (C=O) groups excluding carboxylic acids is 1. The molecule has 4 atom stereocenters. The maximum absolute atomic E-state index is 12.5. The van der Waals surface area contributed by atoms with Gasteiger partial charge in [-0.1, -0.05) is 6.07 Å². The van der Waals surface area contributed by atoms with Gasteiger partial charge in [0, 0.05) is 36.4 Å². The van der Waals surface area contributed by atoms with Gasteiger partial charge in [0.05, 0.1) is 12.7 Å². The topological polar surface area (TPSA) is 70.0 Å². The van der Waals surface area contributed by atoms with Crippen LogP contribution in [0, 0.1) is 5.92 Å². The molecule has 2 fully saturated rings. The lowest BCUT2D eigenvalue weighted by atomic mass is 9.51. The van der Waals surface area contributed by atoms with Crippen LogP contribution in [0.4, 0.5) is 0 Å². The van der Waals surface area contributed by atoms with Gasteiger partial charge in [0.15, 0.2) is 11.5 Å². The Morgan fingerprint density at radius 1 is 1.36 bits per heavy atom. The van der Waals surface area contributed by atoms with E-state index < -0.39 is 11.0 Å². The Bertz CT molecular complexity index is 733. The number of benzene rings is 1. The molecular formula is C20H27NO4. The first-order chi connectivity index (χ1) is 11.8. The van der Waals surface area contributed by atoms with E-state index >= 15 is 0 Å². The highest BCUT2D eigenvalue weighted by Gasteiger charge is 2.63. The monoisotopic (exact) mass is 345 g/mol. The Balaban J connectivity index is 2.02. The second-order valence-corrected chi connectivity index (χ2v) is 8.26. The van der Waals surface area contributed by atoms with Crippen LogP contribution in [0.5, 0.6) is 11.5 Å². The highest BCUT2D eigenvalue weighted by Crippen LogP contribution is 2.59. The van der Waals surface area contributed by atoms with Crippen molar-refractivity contribution in [3.8, 4) is 11.5 Å². The molecule has 1 saturated carbocycles. The van der Waals surface area contributed by atoms with E-state index in [1.165, 1.54) is 7.11 Å². The molecular weight excluding hydrogens is 318 g/mol. The zero-order valence-corrected chi connectivity index (χ0v) is 15.2. The van der Waals surface area contributed by atoms with Crippen molar-refractivity contribution in [1.29, 1.82) is 0 Å². The molecule has 1 aliphatic heterocycles. The molecule has 0 unspecified atom stereocenters. The highest BCUT2D eigenvalue weighted by molar-refractivity contribution is 5.82. The lowest BCUT2D eigenvalue weighted by molar-refractivity contribution is -0.144. The van der Waals surface area contributed by atoms with Crippen LogP contribution >= 0.6 is 0 Å². The number of carbonyl (C=O) groups is 1. The van der Waals surface area contributed by atoms with Gasteiger partial charge in [0.25, 0.3) is 0 Å². The summed E-state index contributed by atoms with van der Waals surface area (Å²) < 4.78 is 5.34. The number of likely N-dealkylation sites (N-methyl/N-ethyl adjacent to an activating group) is 1. The Morgan fingerprint density at radius 3 is 2.84 bits per heavy atom. The number of Topliss-reactive ketones (excluding diaryl/α,β-unsaturated/α-hetero) is 1. The predicted octanol–water partition coefficient (Wildman–Crippen LogP) is 2.02. The molecule has 1 aromatic carbocycles. The molecule has 0 aromatic heterocycles. The van der Waals surface area contributed by atoms with Gasteiger partial charge in [-0.25, -0.2) is 0 Å². The van der Waals surface area contributed by atoms with Crippen molar-refractivity contribution in [2.24, 2.45) is 5.92 Å². The van der Waals surface area contributed by atoms with E-state index in [0.717, 1.165) is 30.5 Å². The van der Waals surface area contributed by atoms with E-state index in [1.807, 2.05) is 6.07 Å². The minimum Gasteiger partial charge on any atom is -0.504 e. The summed E-state index contributed by atoms with van der Waals surface area (Å²) in [5, 5.41) is 22.9. The first kappa shape index (κ1) is 16.9. The molecule has 1 saturated heterocycles. The van der Waals surface area contributed by atoms with Crippen LogP contribution in [0.3, 0.4) is 0 Å². The zero-order chi connectivity index (χ0) is 18.0. The van der Waals surface area contributed by atoms with Crippen molar-refractivity contribution >= 4 is 5.78 Å². The first-order valence-corrected chi connectivity index (χ1v) is 9.16. The molecule has 1 heterocycles. The fourth-order valence-electron chi connectivity index (χ4n) is 5.83. The molecule has 5 heteroatoms. The van der Waals surface area contributed by atoms with E-state index in [2.05, 4.69) is 18.9 Å². The number of methoxy groups -OCH3 is 1. The average Bonchev–Trinajstić information content (AvgIpc) is 2.63. The first-order valence-electron chi connectivity index (χ1n) is 9.16. The third-order valence-corrected chi connectivity index (χ3v) is 7.08. The van der Waals surface area contributed by atoms with Crippen LogP contribution in [0.1, 0.15) is 43.7 Å². The van der Waals surface area contributed by atoms with E-state index in [1.54, 1.807) is 6.07 Å². The van der Waals surface area contributed by atoms with Crippen LogP contribution in [0.15, 0.2) is 12.1 Å². The van der Waals surface area contributed by atoms with E-state index in [0.29, 0.717) is 30.9 Å². The van der Waals surface area contributed by atoms with Gasteiger partial charge < -0.3 is 19.8 Å². The summed E-state index contributed by atoms with van der Waals surface area (Å²) in [6, 6.07) is 3.71. The number of phenolic OH excluding ortho intramolecular Hbond substituents is 1. The molecule has 2 bridgehead atoms. The summed E-state index contributed by atoms with van der Waals surface area (Å²) in [5.41, 5.74) is 0.0262. The van der Waals surface area contributed by atoms with Gasteiger partial charge in [-0.3, -0.25) is 4.79 Å². The largest absolute Gasteiger partial charge is 0.504 e. The fourth-order valence-corrected chi connectivity index (χ4v) is 5.83. The van der Waals surface area contributed by atoms with Gasteiger partial charge in [-0.05, 0) is 50.8 Å². The number of nitrogens with zero attached hydrogens (tertiary/aromatic N) is 1. The van der Waals surface area contributed by atoms with Crippen LogP contribution < -0.4 is 4.74 Å². The SMILES string of the molecule is COc1ccc2c(c1O)[C@@]13CC(=O)CC[C@@]1(O)[C@@H](C)N(C)C[C@H](C2)C3. The van der Waals surface area contributed by atoms with Crippen LogP contribution in [0.2, 0.25) is 0 Å². The zero-order valence-electron chi connectivity index (χ0n) is 15.2. The highest BCUT2D eigenvalue weighted by atomic mass is 16.5. The minimum atomic E-state index is -1.04. The number of likely N-dealkylation sites (tertiary alicyclic amines) is 1. The summed E-state index contributed by atoms with van der Waals surface area (Å²) in [5.74, 6) is 1.06. The van der Waals surface area contributed by atoms with Gasteiger partial charge in [-0.15, -0.1) is 0 Å². The maximum atomic E-state index is 12.5. The third kappa shape index (κ3) is 2.12. The molecule has 2 N–H and O–H groups in total. The quantitative estimate of drug-likeness (QED) is 0.815. The summed E-state index contributed by atoms with van der Waals surface area (Å²) in [4.78, 5) is 14.7. The number of aliphatic hydroxyl groups is 1. The molecule has 0 amide bonds. The fraction of sp³-hybridized carbons (Fsp3) is 0.650. The Morgan fingerprint density at radius 2 is 2.12 bits per heavy atom. The molecule has 5 nitrogen and oxygen atoms in total. The lowest BCUT2D eigenvalue weighted by Crippen LogP contribution is -2.64. The molecule has 4 rings (SSSR count). The normalized spacial score (nSPS) is 37.8. The Hall–Kier alpha value is -1.59. The molecule has 136 valence electrons. The number of hydrogen-bond donors (Lipinski definition) is 2. The second-order valence-electron chi connectivity index (χ2n) is 8.26. The number of hydrogen-bond acceptors (Lipinski definition) is 5. The minimum absolute atomic E-state index is 0.0813. The predicted molar refractivity (Wildman–Crippen MR) is 94.0 cm³/mol. The summed E-state index contributed by atoms with van der Waals surface area (Å²) >= 11 is 0. The molecule has 3 aliphatic rings. The van der Waals surface area contributed by atoms with Crippen molar-refractivity contribution in [2.75, 3.05) is 20.7 Å². The van der Waals surface area contributed by atoms with Gasteiger partial charge in [0.2, 0.25) is 0 Å². The van der Waals surface area contributed by atoms with E-state index in [9.17, 15) is 15.0 Å². The second kappa shape index (κ2) is 5.45. The maximum Gasteiger partial charge on any atom is 0.161 e. The smallest absolute Gasteiger partial charge is 0.161 e. The standard InChI is InChI=1S/C20H27NO4/c1-12-20(24)7-6-15(22)10-19(20)9-13(11-21(12)2)8-14-4-5-16(25-3)18(23)17(14)19/h4-5,12-13,23-24H,6-11H2,1-3H3/t12-,13-,19-,20-/m1/s1. The molecule has 25 heavy (non-hydrogen) atoms. The van der Waals surface area contributed by atoms with Crippen molar-refractivity contribution in [3.63, 3.8) is 0 Å². The summed E-state index contributed by atoms with van der Waals surface area (Å²) in [6.45, 7) is 2.95. The van der Waals surface area contributed by atoms with E-state index in [-0.39, 0.29) is 17.6 Å². The number of ether oxygens (including phenoxy) is 1. The Labute approximate surface area is 148 Å².